The van der Waals surface area contributed by atoms with Gasteiger partial charge in [-0.3, -0.25) is 20.0 Å². The quantitative estimate of drug-likeness (QED) is 0.326. The van der Waals surface area contributed by atoms with Crippen LogP contribution in [0.1, 0.15) is 0 Å². The molecule has 0 spiro atoms. The first kappa shape index (κ1) is 15.4. The molecule has 0 rings (SSSR count). The van der Waals surface area contributed by atoms with Gasteiger partial charge in [-0.25, -0.2) is 11.0 Å². The lowest BCUT2D eigenvalue weighted by atomic mass is 10.0. The smallest absolute Gasteiger partial charge is 0.288 e. The molecule has 0 aromatic rings. The Labute approximate surface area is 88.1 Å². The minimum Gasteiger partial charge on any atom is -0.288 e. The van der Waals surface area contributed by atoms with Gasteiger partial charge < -0.3 is 0 Å². The molecule has 0 atom stereocenters. The van der Waals surface area contributed by atoms with E-state index >= 15 is 0 Å². The number of halogens is 6. The number of nitrogens with one attached hydrogen (secondary N) is 2. The molecule has 2 amide bonds. The molecule has 0 heterocycles. The number of amides is 2. The summed E-state index contributed by atoms with van der Waals surface area (Å²) in [5.41, 5.74) is 0.0878. The van der Waals surface area contributed by atoms with Gasteiger partial charge in [-0.1, -0.05) is 0 Å². The summed E-state index contributed by atoms with van der Waals surface area (Å²) in [6.07, 6.45) is 0. The molecule has 0 fully saturated rings. The lowest BCUT2D eigenvalue weighted by Gasteiger charge is -2.29. The van der Waals surface area contributed by atoms with Gasteiger partial charge in [-0.15, -0.1) is 0 Å². The van der Waals surface area contributed by atoms with Crippen LogP contribution in [0, 0.1) is 0 Å². The molecule has 0 saturated carbocycles. The monoisotopic (exact) mass is 270 g/mol. The van der Waals surface area contributed by atoms with Crippen LogP contribution >= 0.6 is 0 Å². The highest BCUT2D eigenvalue weighted by molar-refractivity contribution is 5.88. The highest BCUT2D eigenvalue weighted by atomic mass is 19.3. The average Bonchev–Trinajstić information content (AvgIpc) is 2.25. The van der Waals surface area contributed by atoms with Crippen molar-refractivity contribution in [2.75, 3.05) is 0 Å². The van der Waals surface area contributed by atoms with Crippen LogP contribution in [0.5, 0.6) is 0 Å². The van der Waals surface area contributed by atoms with Crippen LogP contribution in [0.4, 0.5) is 26.3 Å². The third-order valence-corrected chi connectivity index (χ3v) is 1.56. The van der Waals surface area contributed by atoms with Gasteiger partial charge in [0.25, 0.3) is 0 Å². The molecule has 0 radical (unpaired) electrons. The summed E-state index contributed by atoms with van der Waals surface area (Å²) >= 11 is 0. The number of carbonyl (C=O) groups excluding carboxylic acids is 2. The molecule has 4 N–H and O–H groups in total. The maximum absolute atomic E-state index is 12.6. The summed E-state index contributed by atoms with van der Waals surface area (Å²) in [4.78, 5) is 20.2. The largest absolute Gasteiger partial charge is 0.395 e. The number of rotatable bonds is 4. The Kier molecular flexibility index (Phi) is 3.97. The molecule has 0 saturated heterocycles. The molecule has 0 aliphatic carbocycles. The predicted octanol–water partition coefficient (Wildman–Crippen LogP) is -0.0969. The van der Waals surface area contributed by atoms with E-state index in [2.05, 4.69) is 0 Å². The predicted molar refractivity (Wildman–Crippen MR) is 34.7 cm³/mol. The third kappa shape index (κ3) is 2.12. The Balaban J connectivity index is 5.54. The van der Waals surface area contributed by atoms with Crippen LogP contribution in [-0.2, 0) is 9.59 Å². The second kappa shape index (κ2) is 4.37. The number of hydrogen-bond acceptors (Lipinski definition) is 4. The fraction of sp³-hybridized carbons (Fsp3) is 0.600. The molecule has 17 heavy (non-hydrogen) atoms. The average molecular weight is 270 g/mol. The Hall–Kier alpha value is -1.56. The van der Waals surface area contributed by atoms with Gasteiger partial charge in [0.15, 0.2) is 0 Å². The van der Waals surface area contributed by atoms with E-state index in [0.717, 1.165) is 0 Å². The molecule has 0 unspecified atom stereocenters. The zero-order chi connectivity index (χ0) is 14.1. The van der Waals surface area contributed by atoms with Gasteiger partial charge in [0.2, 0.25) is 0 Å². The molecule has 0 bridgehead atoms. The molecular weight excluding hydrogens is 266 g/mol. The summed E-state index contributed by atoms with van der Waals surface area (Å²) in [5, 5.41) is 15.4. The number of alkyl halides is 6. The zero-order valence-electron chi connectivity index (χ0n) is 7.48. The van der Waals surface area contributed by atoms with Crippen molar-refractivity contribution in [3.8, 4) is 0 Å². The molecule has 0 aliphatic heterocycles. The highest BCUT2D eigenvalue weighted by Gasteiger charge is 2.78. The van der Waals surface area contributed by atoms with Crippen molar-refractivity contribution < 1.29 is 46.3 Å². The van der Waals surface area contributed by atoms with Crippen molar-refractivity contribution in [3.05, 3.63) is 0 Å². The van der Waals surface area contributed by atoms with E-state index in [9.17, 15) is 35.9 Å². The molecule has 100 valence electrons. The first-order valence-electron chi connectivity index (χ1n) is 3.49. The van der Waals surface area contributed by atoms with Crippen molar-refractivity contribution >= 4 is 11.8 Å². The fourth-order valence-corrected chi connectivity index (χ4v) is 0.623. The molecule has 6 nitrogen and oxygen atoms in total. The second-order valence-corrected chi connectivity index (χ2v) is 2.61. The molecule has 0 aliphatic rings. The Bertz CT molecular complexity index is 302. The SMILES string of the molecule is O=C(NO)C(F)(F)C(F)(F)C(F)(F)C(=O)NO. The molecule has 12 heteroatoms. The fourth-order valence-electron chi connectivity index (χ4n) is 0.623. The molecular formula is C5H4F6N2O4. The van der Waals surface area contributed by atoms with Crippen LogP contribution in [0.3, 0.4) is 0 Å². The van der Waals surface area contributed by atoms with Gasteiger partial charge in [0.05, 0.1) is 0 Å². The summed E-state index contributed by atoms with van der Waals surface area (Å²) < 4.78 is 75.3. The van der Waals surface area contributed by atoms with Crippen molar-refractivity contribution in [3.63, 3.8) is 0 Å². The van der Waals surface area contributed by atoms with Gasteiger partial charge in [0, 0.05) is 0 Å². The Morgan fingerprint density at radius 2 is 1.00 bits per heavy atom. The van der Waals surface area contributed by atoms with E-state index in [0.29, 0.717) is 0 Å². The first-order chi connectivity index (χ1) is 7.46. The first-order valence-corrected chi connectivity index (χ1v) is 3.49. The van der Waals surface area contributed by atoms with Crippen LogP contribution in [-0.4, -0.2) is 40.0 Å². The van der Waals surface area contributed by atoms with Crippen molar-refractivity contribution in [2.24, 2.45) is 0 Å². The normalized spacial score (nSPS) is 13.2. The maximum atomic E-state index is 12.6. The highest BCUT2D eigenvalue weighted by Crippen LogP contribution is 2.45. The van der Waals surface area contributed by atoms with Gasteiger partial charge in [-0.2, -0.15) is 26.3 Å². The number of carbonyl (C=O) groups is 2. The van der Waals surface area contributed by atoms with E-state index in [4.69, 9.17) is 10.4 Å². The van der Waals surface area contributed by atoms with Crippen LogP contribution < -0.4 is 11.0 Å². The summed E-state index contributed by atoms with van der Waals surface area (Å²) in [6, 6.07) is 0. The standard InChI is InChI=1S/C5H4F6N2O4/c6-3(7,1(14)12-16)5(10,11)4(8,9)2(15)13-17/h16-17H,(H,12,14)(H,13,15). The zero-order valence-corrected chi connectivity index (χ0v) is 7.48. The van der Waals surface area contributed by atoms with E-state index in [1.807, 2.05) is 0 Å². The van der Waals surface area contributed by atoms with Crippen LogP contribution in [0.25, 0.3) is 0 Å². The van der Waals surface area contributed by atoms with E-state index in [1.54, 1.807) is 0 Å². The van der Waals surface area contributed by atoms with Crippen LogP contribution in [0.15, 0.2) is 0 Å². The molecule has 0 aromatic carbocycles. The van der Waals surface area contributed by atoms with Crippen molar-refractivity contribution in [1.82, 2.24) is 11.0 Å². The minimum atomic E-state index is -6.47. The second-order valence-electron chi connectivity index (χ2n) is 2.61. The summed E-state index contributed by atoms with van der Waals surface area (Å²) in [6.45, 7) is 0. The topological polar surface area (TPSA) is 98.7 Å². The van der Waals surface area contributed by atoms with Crippen molar-refractivity contribution in [1.29, 1.82) is 0 Å². The Morgan fingerprint density at radius 3 is 1.18 bits per heavy atom. The van der Waals surface area contributed by atoms with E-state index < -0.39 is 29.6 Å². The minimum absolute atomic E-state index is 0.0439. The Morgan fingerprint density at radius 1 is 0.765 bits per heavy atom. The van der Waals surface area contributed by atoms with E-state index in [1.165, 1.54) is 0 Å². The van der Waals surface area contributed by atoms with Gasteiger partial charge in [0.1, 0.15) is 0 Å². The number of hydrogen-bond donors (Lipinski definition) is 4. The molecule has 0 aromatic heterocycles. The maximum Gasteiger partial charge on any atom is 0.395 e. The van der Waals surface area contributed by atoms with Crippen molar-refractivity contribution in [2.45, 2.75) is 17.8 Å². The van der Waals surface area contributed by atoms with E-state index in [-0.39, 0.29) is 11.0 Å². The summed E-state index contributed by atoms with van der Waals surface area (Å²) in [5.74, 6) is -24.9. The van der Waals surface area contributed by atoms with Crippen LogP contribution in [0.2, 0.25) is 0 Å². The van der Waals surface area contributed by atoms with Gasteiger partial charge in [-0.05, 0) is 0 Å². The summed E-state index contributed by atoms with van der Waals surface area (Å²) in [7, 11) is 0. The third-order valence-electron chi connectivity index (χ3n) is 1.56. The lowest BCUT2D eigenvalue weighted by Crippen LogP contribution is -2.64. The van der Waals surface area contributed by atoms with Gasteiger partial charge >= 0.3 is 29.6 Å². The number of hydroxylamine groups is 2. The lowest BCUT2D eigenvalue weighted by molar-refractivity contribution is -0.291.